The third-order valence-corrected chi connectivity index (χ3v) is 3.12. The Morgan fingerprint density at radius 2 is 1.95 bits per heavy atom. The number of ether oxygens (including phenoxy) is 3. The quantitative estimate of drug-likeness (QED) is 0.860. The molecule has 1 aliphatic heterocycles. The summed E-state index contributed by atoms with van der Waals surface area (Å²) in [6, 6.07) is 5.47. The van der Waals surface area contributed by atoms with Crippen LogP contribution in [0.4, 0.5) is 0 Å². The molecule has 0 bridgehead atoms. The molecule has 1 aliphatic rings. The van der Waals surface area contributed by atoms with Crippen LogP contribution < -0.4 is 9.47 Å². The van der Waals surface area contributed by atoms with Crippen molar-refractivity contribution in [2.24, 2.45) is 5.92 Å². The molecule has 4 heteroatoms. The second kappa shape index (κ2) is 6.26. The highest BCUT2D eigenvalue weighted by Crippen LogP contribution is 2.34. The largest absolute Gasteiger partial charge is 0.454 e. The SMILES string of the molecule is CC(C)CC(C)OCC(O)c1ccc2c(c1)OCO2. The van der Waals surface area contributed by atoms with Crippen molar-refractivity contribution in [1.29, 1.82) is 0 Å². The lowest BCUT2D eigenvalue weighted by Crippen LogP contribution is -2.16. The van der Waals surface area contributed by atoms with Crippen LogP contribution in [0, 0.1) is 5.92 Å². The summed E-state index contributed by atoms with van der Waals surface area (Å²) in [6.07, 6.45) is 0.515. The molecule has 2 atom stereocenters. The van der Waals surface area contributed by atoms with Gasteiger partial charge in [-0.2, -0.15) is 0 Å². The van der Waals surface area contributed by atoms with E-state index in [0.717, 1.165) is 17.7 Å². The average Bonchev–Trinajstić information content (AvgIpc) is 2.82. The number of fused-ring (bicyclic) bond motifs is 1. The second-order valence-corrected chi connectivity index (χ2v) is 5.40. The normalized spacial score (nSPS) is 16.7. The summed E-state index contributed by atoms with van der Waals surface area (Å²) in [7, 11) is 0. The van der Waals surface area contributed by atoms with Crippen LogP contribution >= 0.6 is 0 Å². The Morgan fingerprint density at radius 1 is 1.21 bits per heavy atom. The second-order valence-electron chi connectivity index (χ2n) is 5.40. The van der Waals surface area contributed by atoms with Gasteiger partial charge >= 0.3 is 0 Å². The minimum absolute atomic E-state index is 0.156. The summed E-state index contributed by atoms with van der Waals surface area (Å²) in [5.41, 5.74) is 0.793. The number of aliphatic hydroxyl groups excluding tert-OH is 1. The molecule has 0 spiro atoms. The molecule has 19 heavy (non-hydrogen) atoms. The summed E-state index contributed by atoms with van der Waals surface area (Å²) >= 11 is 0. The number of aliphatic hydroxyl groups is 1. The molecule has 1 N–H and O–H groups in total. The highest BCUT2D eigenvalue weighted by molar-refractivity contribution is 5.45. The summed E-state index contributed by atoms with van der Waals surface area (Å²) in [6.45, 7) is 6.90. The Balaban J connectivity index is 1.87. The molecule has 0 aliphatic carbocycles. The fraction of sp³-hybridized carbons (Fsp3) is 0.600. The van der Waals surface area contributed by atoms with Crippen molar-refractivity contribution in [1.82, 2.24) is 0 Å². The Morgan fingerprint density at radius 3 is 2.68 bits per heavy atom. The van der Waals surface area contributed by atoms with E-state index in [1.165, 1.54) is 0 Å². The maximum atomic E-state index is 10.1. The highest BCUT2D eigenvalue weighted by Gasteiger charge is 2.17. The van der Waals surface area contributed by atoms with E-state index in [0.29, 0.717) is 18.3 Å². The summed E-state index contributed by atoms with van der Waals surface area (Å²) in [4.78, 5) is 0. The molecule has 1 heterocycles. The summed E-state index contributed by atoms with van der Waals surface area (Å²) < 4.78 is 16.2. The molecule has 106 valence electrons. The van der Waals surface area contributed by atoms with E-state index >= 15 is 0 Å². The van der Waals surface area contributed by atoms with E-state index in [-0.39, 0.29) is 12.9 Å². The van der Waals surface area contributed by atoms with Gasteiger partial charge in [0.25, 0.3) is 0 Å². The molecule has 1 aromatic carbocycles. The zero-order valence-corrected chi connectivity index (χ0v) is 11.8. The molecule has 0 fully saturated rings. The first kappa shape index (κ1) is 14.2. The van der Waals surface area contributed by atoms with Gasteiger partial charge in [0, 0.05) is 0 Å². The van der Waals surface area contributed by atoms with Crippen molar-refractivity contribution in [3.05, 3.63) is 23.8 Å². The van der Waals surface area contributed by atoms with Gasteiger partial charge in [0.1, 0.15) is 6.10 Å². The summed E-state index contributed by atoms with van der Waals surface area (Å²) in [5.74, 6) is 2.01. The van der Waals surface area contributed by atoms with Gasteiger partial charge < -0.3 is 19.3 Å². The molecule has 1 aromatic rings. The minimum Gasteiger partial charge on any atom is -0.454 e. The van der Waals surface area contributed by atoms with Gasteiger partial charge in [-0.15, -0.1) is 0 Å². The first-order valence-electron chi connectivity index (χ1n) is 6.75. The monoisotopic (exact) mass is 266 g/mol. The molecular formula is C15H22O4. The number of rotatable bonds is 6. The van der Waals surface area contributed by atoms with Crippen molar-refractivity contribution in [3.8, 4) is 11.5 Å². The van der Waals surface area contributed by atoms with E-state index < -0.39 is 6.10 Å². The van der Waals surface area contributed by atoms with E-state index in [1.807, 2.05) is 25.1 Å². The molecule has 2 rings (SSSR count). The minimum atomic E-state index is -0.635. The van der Waals surface area contributed by atoms with Crippen LogP contribution in [0.1, 0.15) is 38.9 Å². The van der Waals surface area contributed by atoms with Crippen molar-refractivity contribution < 1.29 is 19.3 Å². The number of hydrogen-bond donors (Lipinski definition) is 1. The topological polar surface area (TPSA) is 47.9 Å². The van der Waals surface area contributed by atoms with Crippen LogP contribution in [0.25, 0.3) is 0 Å². The van der Waals surface area contributed by atoms with E-state index in [4.69, 9.17) is 14.2 Å². The van der Waals surface area contributed by atoms with Gasteiger partial charge in [-0.25, -0.2) is 0 Å². The van der Waals surface area contributed by atoms with E-state index in [1.54, 1.807) is 0 Å². The van der Waals surface area contributed by atoms with E-state index in [9.17, 15) is 5.11 Å². The lowest BCUT2D eigenvalue weighted by Gasteiger charge is -2.18. The lowest BCUT2D eigenvalue weighted by molar-refractivity contribution is -0.0101. The smallest absolute Gasteiger partial charge is 0.231 e. The van der Waals surface area contributed by atoms with Gasteiger partial charge in [-0.05, 0) is 37.0 Å². The first-order chi connectivity index (χ1) is 9.06. The predicted molar refractivity (Wildman–Crippen MR) is 72.4 cm³/mol. The molecular weight excluding hydrogens is 244 g/mol. The van der Waals surface area contributed by atoms with E-state index in [2.05, 4.69) is 13.8 Å². The van der Waals surface area contributed by atoms with Crippen LogP contribution in [-0.2, 0) is 4.74 Å². The van der Waals surface area contributed by atoms with Crippen molar-refractivity contribution >= 4 is 0 Å². The molecule has 0 saturated heterocycles. The molecule has 4 nitrogen and oxygen atoms in total. The average molecular weight is 266 g/mol. The Kier molecular flexibility index (Phi) is 4.66. The molecule has 0 amide bonds. The van der Waals surface area contributed by atoms with Crippen molar-refractivity contribution in [2.45, 2.75) is 39.4 Å². The zero-order chi connectivity index (χ0) is 13.8. The number of benzene rings is 1. The Labute approximate surface area is 114 Å². The Bertz CT molecular complexity index is 417. The van der Waals surface area contributed by atoms with Crippen molar-refractivity contribution in [3.63, 3.8) is 0 Å². The first-order valence-corrected chi connectivity index (χ1v) is 6.75. The maximum Gasteiger partial charge on any atom is 0.231 e. The number of hydrogen-bond acceptors (Lipinski definition) is 4. The fourth-order valence-corrected chi connectivity index (χ4v) is 2.20. The zero-order valence-electron chi connectivity index (χ0n) is 11.8. The maximum absolute atomic E-state index is 10.1. The standard InChI is InChI=1S/C15H22O4/c1-10(2)6-11(3)17-8-13(16)12-4-5-14-15(7-12)19-9-18-14/h4-5,7,10-11,13,16H,6,8-9H2,1-3H3. The Hall–Kier alpha value is -1.26. The van der Waals surface area contributed by atoms with Crippen molar-refractivity contribution in [2.75, 3.05) is 13.4 Å². The third-order valence-electron chi connectivity index (χ3n) is 3.12. The molecule has 0 radical (unpaired) electrons. The third kappa shape index (κ3) is 3.85. The molecule has 0 saturated carbocycles. The summed E-state index contributed by atoms with van der Waals surface area (Å²) in [5, 5.41) is 10.1. The molecule has 0 aromatic heterocycles. The van der Waals surface area contributed by atoms with Crippen LogP contribution in [0.5, 0.6) is 11.5 Å². The van der Waals surface area contributed by atoms with Crippen LogP contribution in [0.3, 0.4) is 0 Å². The van der Waals surface area contributed by atoms with Gasteiger partial charge in [-0.1, -0.05) is 19.9 Å². The van der Waals surface area contributed by atoms with Gasteiger partial charge in [0.2, 0.25) is 6.79 Å². The van der Waals surface area contributed by atoms with Crippen LogP contribution in [0.15, 0.2) is 18.2 Å². The van der Waals surface area contributed by atoms with Gasteiger partial charge in [0.05, 0.1) is 12.7 Å². The molecule has 2 unspecified atom stereocenters. The predicted octanol–water partition coefficient (Wildman–Crippen LogP) is 2.90. The van der Waals surface area contributed by atoms with Gasteiger partial charge in [0.15, 0.2) is 11.5 Å². The highest BCUT2D eigenvalue weighted by atomic mass is 16.7. The lowest BCUT2D eigenvalue weighted by atomic mass is 10.1. The van der Waals surface area contributed by atoms with Gasteiger partial charge in [-0.3, -0.25) is 0 Å². The van der Waals surface area contributed by atoms with Crippen LogP contribution in [0.2, 0.25) is 0 Å². The van der Waals surface area contributed by atoms with Crippen LogP contribution in [-0.4, -0.2) is 24.6 Å². The fourth-order valence-electron chi connectivity index (χ4n) is 2.20.